The largest absolute Gasteiger partial charge is 0.354 e. The number of nitrogens with one attached hydrogen (secondary N) is 1. The molecule has 14 rings (SSSR count). The highest BCUT2D eigenvalue weighted by Gasteiger charge is 2.21. The number of rotatable bonds is 5. The molecule has 10 heteroatoms. The average molecular weight is 1110 g/mol. The molecule has 71 heavy (non-hydrogen) atoms. The van der Waals surface area contributed by atoms with Gasteiger partial charge in [-0.25, -0.2) is 0 Å². The molecule has 9 aromatic carbocycles. The van der Waals surface area contributed by atoms with E-state index >= 15 is 0 Å². The van der Waals surface area contributed by atoms with Gasteiger partial charge in [0.2, 0.25) is 0 Å². The molecule has 342 valence electrons. The van der Waals surface area contributed by atoms with Crippen molar-refractivity contribution >= 4 is 108 Å². The third-order valence-corrected chi connectivity index (χ3v) is 14.8. The molecule has 4 heterocycles. The number of nitrogens with zero attached hydrogens (tertiary/aromatic N) is 4. The third kappa shape index (κ3) is 8.37. The molecule has 7 nitrogen and oxygen atoms in total. The van der Waals surface area contributed by atoms with Crippen molar-refractivity contribution in [3.8, 4) is 39.3 Å². The van der Waals surface area contributed by atoms with Crippen LogP contribution in [0.4, 0.5) is 5.69 Å². The molecule has 0 atom stereocenters. The van der Waals surface area contributed by atoms with Gasteiger partial charge in [-0.05, 0) is 162 Å². The highest BCUT2D eigenvalue weighted by atomic mass is 79.9. The molecule has 1 aliphatic carbocycles. The first-order chi connectivity index (χ1) is 34.7. The number of nitro benzene ring substituents is 1. The molecule has 0 saturated carbocycles. The summed E-state index contributed by atoms with van der Waals surface area (Å²) < 4.78 is 9.67. The predicted molar refractivity (Wildman–Crippen MR) is 303 cm³/mol. The van der Waals surface area contributed by atoms with Gasteiger partial charge in [0, 0.05) is 87.6 Å². The number of halogens is 3. The Balaban J connectivity index is 0.000000109. The second kappa shape index (κ2) is 18.5. The molecule has 4 aromatic heterocycles. The lowest BCUT2D eigenvalue weighted by molar-refractivity contribution is -0.384. The van der Waals surface area contributed by atoms with Crippen LogP contribution in [0.15, 0.2) is 238 Å². The Hall–Kier alpha value is -7.76. The van der Waals surface area contributed by atoms with E-state index in [-0.39, 0.29) is 10.6 Å². The lowest BCUT2D eigenvalue weighted by Crippen LogP contribution is -1.93. The summed E-state index contributed by atoms with van der Waals surface area (Å²) in [6, 6.07) is 70.5. The molecule has 0 spiro atoms. The Morgan fingerprint density at radius 1 is 0.437 bits per heavy atom. The lowest BCUT2D eigenvalue weighted by atomic mass is 10.0. The Kier molecular flexibility index (Phi) is 11.6. The predicted octanol–water partition coefficient (Wildman–Crippen LogP) is 18.0. The van der Waals surface area contributed by atoms with Crippen molar-refractivity contribution in [1.29, 1.82) is 0 Å². The molecule has 0 bridgehead atoms. The topological polar surface area (TPSA) is 73.7 Å². The van der Waals surface area contributed by atoms with Crippen molar-refractivity contribution in [2.75, 3.05) is 0 Å². The number of fused-ring (bicyclic) bond motifs is 10. The molecule has 0 unspecified atom stereocenters. The van der Waals surface area contributed by atoms with Crippen molar-refractivity contribution in [2.24, 2.45) is 0 Å². The van der Waals surface area contributed by atoms with Crippen molar-refractivity contribution in [2.45, 2.75) is 6.42 Å². The summed E-state index contributed by atoms with van der Waals surface area (Å²) in [5, 5.41) is 17.4. The van der Waals surface area contributed by atoms with Gasteiger partial charge in [-0.1, -0.05) is 121 Å². The number of para-hydroxylation sites is 3. The van der Waals surface area contributed by atoms with Crippen LogP contribution in [-0.4, -0.2) is 23.6 Å². The smallest absolute Gasteiger partial charge is 0.277 e. The van der Waals surface area contributed by atoms with Crippen molar-refractivity contribution < 1.29 is 4.92 Å². The first-order valence-corrected chi connectivity index (χ1v) is 25.5. The van der Waals surface area contributed by atoms with Gasteiger partial charge >= 0.3 is 0 Å². The van der Waals surface area contributed by atoms with Crippen molar-refractivity contribution in [3.05, 3.63) is 260 Å². The molecule has 0 radical (unpaired) electrons. The summed E-state index contributed by atoms with van der Waals surface area (Å²) in [5.41, 5.74) is 16.5. The second-order valence-corrected chi connectivity index (χ2v) is 20.3. The van der Waals surface area contributed by atoms with Crippen LogP contribution in [0.3, 0.4) is 0 Å². The van der Waals surface area contributed by atoms with E-state index in [2.05, 4.69) is 206 Å². The maximum absolute atomic E-state index is 11.3. The van der Waals surface area contributed by atoms with Gasteiger partial charge < -0.3 is 18.7 Å². The Morgan fingerprint density at radius 2 is 0.986 bits per heavy atom. The molecule has 1 N–H and O–H groups in total. The zero-order valence-electron chi connectivity index (χ0n) is 37.8. The van der Waals surface area contributed by atoms with E-state index < -0.39 is 0 Å². The van der Waals surface area contributed by atoms with E-state index in [0.29, 0.717) is 5.56 Å². The van der Waals surface area contributed by atoms with Crippen LogP contribution in [-0.2, 0) is 6.42 Å². The first-order valence-electron chi connectivity index (χ1n) is 23.1. The summed E-state index contributed by atoms with van der Waals surface area (Å²) in [4.78, 5) is 14.6. The van der Waals surface area contributed by atoms with Gasteiger partial charge in [0.25, 0.3) is 5.69 Å². The fourth-order valence-corrected chi connectivity index (χ4v) is 11.1. The molecule has 0 fully saturated rings. The summed E-state index contributed by atoms with van der Waals surface area (Å²) in [6.45, 7) is 0. The van der Waals surface area contributed by atoms with Crippen molar-refractivity contribution in [1.82, 2.24) is 18.7 Å². The summed E-state index contributed by atoms with van der Waals surface area (Å²) in [6.07, 6.45) is 7.34. The second-order valence-electron chi connectivity index (χ2n) is 17.5. The average Bonchev–Trinajstić information content (AvgIpc) is 4.25. The van der Waals surface area contributed by atoms with E-state index in [1.54, 1.807) is 12.1 Å². The normalized spacial score (nSPS) is 11.6. The number of H-pyrrole nitrogens is 1. The van der Waals surface area contributed by atoms with Crippen LogP contribution >= 0.6 is 47.8 Å². The van der Waals surface area contributed by atoms with E-state index in [1.165, 1.54) is 83.3 Å². The van der Waals surface area contributed by atoms with Gasteiger partial charge in [-0.15, -0.1) is 0 Å². The van der Waals surface area contributed by atoms with Crippen molar-refractivity contribution in [3.63, 3.8) is 0 Å². The fraction of sp³-hybridized carbons (Fsp3) is 0.0164. The summed E-state index contributed by atoms with van der Waals surface area (Å²) in [5.74, 6) is 0. The number of aromatic nitrogens is 4. The molecule has 1 aliphatic rings. The van der Waals surface area contributed by atoms with Gasteiger partial charge in [0.05, 0.1) is 32.6 Å². The third-order valence-electron chi connectivity index (χ3n) is 13.3. The zero-order valence-corrected chi connectivity index (χ0v) is 42.6. The van der Waals surface area contributed by atoms with E-state index in [9.17, 15) is 10.1 Å². The van der Waals surface area contributed by atoms with E-state index in [4.69, 9.17) is 0 Å². The van der Waals surface area contributed by atoms with Crippen LogP contribution in [0.5, 0.6) is 0 Å². The highest BCUT2D eigenvalue weighted by molar-refractivity contribution is 9.11. The molecule has 0 aliphatic heterocycles. The number of benzene rings is 9. The molecule has 0 saturated heterocycles. The number of hydrogen-bond donors (Lipinski definition) is 1. The number of aromatic amines is 1. The first kappa shape index (κ1) is 44.4. The van der Waals surface area contributed by atoms with Gasteiger partial charge in [0.1, 0.15) is 0 Å². The van der Waals surface area contributed by atoms with Crippen LogP contribution < -0.4 is 0 Å². The minimum Gasteiger partial charge on any atom is -0.354 e. The number of hydrogen-bond acceptors (Lipinski definition) is 2. The number of nitro groups is 1. The van der Waals surface area contributed by atoms with Gasteiger partial charge in [-0.3, -0.25) is 10.1 Å². The molecule has 0 amide bonds. The van der Waals surface area contributed by atoms with Crippen LogP contribution in [0, 0.1) is 10.1 Å². The van der Waals surface area contributed by atoms with Crippen LogP contribution in [0.25, 0.3) is 93.8 Å². The Labute approximate surface area is 433 Å². The monoisotopic (exact) mass is 1110 g/mol. The van der Waals surface area contributed by atoms with E-state index in [1.807, 2.05) is 66.9 Å². The van der Waals surface area contributed by atoms with Gasteiger partial charge in [0.15, 0.2) is 0 Å². The Morgan fingerprint density at radius 3 is 1.66 bits per heavy atom. The lowest BCUT2D eigenvalue weighted by Gasteiger charge is -2.07. The van der Waals surface area contributed by atoms with E-state index in [0.717, 1.165) is 42.0 Å². The highest BCUT2D eigenvalue weighted by Crippen LogP contribution is 2.41. The Bertz CT molecular complexity index is 4160. The minimum absolute atomic E-state index is 0.102. The summed E-state index contributed by atoms with van der Waals surface area (Å²) >= 11 is 10.6. The fourth-order valence-electron chi connectivity index (χ4n) is 9.99. The minimum atomic E-state index is -0.346. The van der Waals surface area contributed by atoms with Crippen LogP contribution in [0.2, 0.25) is 0 Å². The molecular weight excluding hydrogens is 1070 g/mol. The zero-order chi connectivity index (χ0) is 48.2. The quantitative estimate of drug-likeness (QED) is 0.138. The summed E-state index contributed by atoms with van der Waals surface area (Å²) in [7, 11) is 0. The van der Waals surface area contributed by atoms with Crippen LogP contribution in [0.1, 0.15) is 11.1 Å². The SMILES string of the molecule is Brc1ccc2[nH]c3c(ccc4c3ccn4-c3ccccc3)c2c1.Brc1ccc2c(c1)-c1cc3ccn(-c4ccccc4)c3cc1C2.O=[N+]([O-])c1ccc(Br)cc1-c1ccc2c(ccn2-c2ccccc2)c1. The maximum Gasteiger partial charge on any atom is 0.277 e. The van der Waals surface area contributed by atoms with Gasteiger partial charge in [-0.2, -0.15) is 0 Å². The standard InChI is InChI=1S/C21H14BrN.C20H13BrN2O2.C20H13BrN2/c22-17-7-6-14-10-16-12-21-15(11-19(16)20(14)13-17)8-9-23(21)18-4-2-1-3-5-18;21-16-7-9-20(23(24)25)18(13-16)14-6-8-19-15(12-14)10-11-22(19)17-4-2-1-3-5-17;21-13-6-8-18-17(12-13)15-7-9-19-16(20(15)22-18)10-11-23(19)14-4-2-1-3-5-14/h1-9,11-13H,10H2;1-13H;1-12,22H. The molecular formula is C61H40Br3N5O2. The molecule has 13 aromatic rings. The maximum atomic E-state index is 11.3.